The van der Waals surface area contributed by atoms with Gasteiger partial charge < -0.3 is 4.74 Å². The van der Waals surface area contributed by atoms with E-state index in [9.17, 15) is 4.79 Å². The Kier molecular flexibility index (Phi) is 5.92. The van der Waals surface area contributed by atoms with Crippen molar-refractivity contribution in [3.05, 3.63) is 28.3 Å². The van der Waals surface area contributed by atoms with Crippen LogP contribution in [0.1, 0.15) is 42.5 Å². The van der Waals surface area contributed by atoms with Gasteiger partial charge in [-0.25, -0.2) is 0 Å². The van der Waals surface area contributed by atoms with Gasteiger partial charge >= 0.3 is 5.97 Å². The molecule has 2 nitrogen and oxygen atoms in total. The highest BCUT2D eigenvalue weighted by atomic mass is 32.2. The largest absolute Gasteiger partial charge is 0.466 e. The van der Waals surface area contributed by atoms with Crippen LogP contribution in [-0.2, 0) is 9.53 Å². The van der Waals surface area contributed by atoms with E-state index in [1.807, 2.05) is 6.92 Å². The van der Waals surface area contributed by atoms with Gasteiger partial charge in [0.05, 0.1) is 13.0 Å². The van der Waals surface area contributed by atoms with E-state index in [4.69, 9.17) is 4.74 Å². The predicted octanol–water partition coefficient (Wildman–Crippen LogP) is 4.35. The Morgan fingerprint density at radius 2 is 1.74 bits per heavy atom. The second kappa shape index (κ2) is 6.99. The lowest BCUT2D eigenvalue weighted by molar-refractivity contribution is -0.142. The standard InChI is InChI=1S/C16H24O2S/c1-7-18-15(17)9-12(4)19-16-13(5)10(2)8-11(3)14(16)6/h8,12H,7,9H2,1-6H3. The van der Waals surface area contributed by atoms with Gasteiger partial charge in [0, 0.05) is 10.1 Å². The molecule has 0 aliphatic heterocycles. The maximum Gasteiger partial charge on any atom is 0.306 e. The summed E-state index contributed by atoms with van der Waals surface area (Å²) in [6.07, 6.45) is 0.463. The fourth-order valence-electron chi connectivity index (χ4n) is 2.05. The molecule has 0 N–H and O–H groups in total. The van der Waals surface area contributed by atoms with E-state index < -0.39 is 0 Å². The van der Waals surface area contributed by atoms with Crippen molar-refractivity contribution < 1.29 is 9.53 Å². The number of carbonyl (C=O) groups excluding carboxylic acids is 1. The van der Waals surface area contributed by atoms with Crippen molar-refractivity contribution >= 4 is 17.7 Å². The number of carbonyl (C=O) groups is 1. The molecule has 0 fully saturated rings. The summed E-state index contributed by atoms with van der Waals surface area (Å²) in [6.45, 7) is 13.0. The Morgan fingerprint density at radius 1 is 1.21 bits per heavy atom. The van der Waals surface area contributed by atoms with E-state index in [1.54, 1.807) is 11.8 Å². The van der Waals surface area contributed by atoms with Gasteiger partial charge in [-0.1, -0.05) is 13.0 Å². The number of rotatable bonds is 5. The molecule has 3 heteroatoms. The maximum absolute atomic E-state index is 11.5. The second-order valence-electron chi connectivity index (χ2n) is 5.03. The molecule has 1 rings (SSSR count). The fourth-order valence-corrected chi connectivity index (χ4v) is 3.35. The molecule has 1 unspecified atom stereocenters. The van der Waals surface area contributed by atoms with Crippen LogP contribution in [-0.4, -0.2) is 17.8 Å². The minimum absolute atomic E-state index is 0.109. The first kappa shape index (κ1) is 16.1. The maximum atomic E-state index is 11.5. The molecular formula is C16H24O2S. The Balaban J connectivity index is 2.85. The molecule has 19 heavy (non-hydrogen) atoms. The number of hydrogen-bond donors (Lipinski definition) is 0. The zero-order valence-corrected chi connectivity index (χ0v) is 13.6. The Labute approximate surface area is 120 Å². The molecule has 0 aromatic heterocycles. The van der Waals surface area contributed by atoms with Crippen LogP contribution in [0.25, 0.3) is 0 Å². The number of hydrogen-bond acceptors (Lipinski definition) is 3. The third kappa shape index (κ3) is 4.27. The molecule has 0 bridgehead atoms. The van der Waals surface area contributed by atoms with Gasteiger partial charge in [0.25, 0.3) is 0 Å². The highest BCUT2D eigenvalue weighted by Crippen LogP contribution is 2.34. The molecule has 0 spiro atoms. The smallest absolute Gasteiger partial charge is 0.306 e. The lowest BCUT2D eigenvalue weighted by atomic mass is 10.0. The summed E-state index contributed by atoms with van der Waals surface area (Å²) >= 11 is 1.78. The van der Waals surface area contributed by atoms with Crippen molar-refractivity contribution in [3.8, 4) is 0 Å². The summed E-state index contributed by atoms with van der Waals surface area (Å²) in [4.78, 5) is 12.8. The fraction of sp³-hybridized carbons (Fsp3) is 0.562. The SMILES string of the molecule is CCOC(=O)CC(C)Sc1c(C)c(C)cc(C)c1C. The average molecular weight is 280 g/mol. The van der Waals surface area contributed by atoms with Crippen molar-refractivity contribution in [1.82, 2.24) is 0 Å². The van der Waals surface area contributed by atoms with Gasteiger partial charge in [0.2, 0.25) is 0 Å². The van der Waals surface area contributed by atoms with Gasteiger partial charge in [-0.3, -0.25) is 4.79 Å². The first-order chi connectivity index (χ1) is 8.86. The van der Waals surface area contributed by atoms with Crippen molar-refractivity contribution in [1.29, 1.82) is 0 Å². The van der Waals surface area contributed by atoms with E-state index in [0.717, 1.165) is 0 Å². The molecule has 0 aliphatic carbocycles. The molecule has 1 aromatic carbocycles. The number of aryl methyl sites for hydroxylation is 2. The summed E-state index contributed by atoms with van der Waals surface area (Å²) in [7, 11) is 0. The first-order valence-corrected chi connectivity index (χ1v) is 7.64. The van der Waals surface area contributed by atoms with Crippen LogP contribution >= 0.6 is 11.8 Å². The number of esters is 1. The molecule has 0 amide bonds. The van der Waals surface area contributed by atoms with Gasteiger partial charge in [-0.15, -0.1) is 11.8 Å². The van der Waals surface area contributed by atoms with Crippen molar-refractivity contribution in [2.45, 2.75) is 58.1 Å². The molecule has 0 saturated heterocycles. The van der Waals surface area contributed by atoms with Crippen LogP contribution < -0.4 is 0 Å². The summed E-state index contributed by atoms with van der Waals surface area (Å²) in [5.41, 5.74) is 5.27. The van der Waals surface area contributed by atoms with Crippen molar-refractivity contribution in [2.24, 2.45) is 0 Å². The Bertz CT molecular complexity index is 440. The minimum Gasteiger partial charge on any atom is -0.466 e. The van der Waals surface area contributed by atoms with E-state index in [2.05, 4.69) is 40.7 Å². The summed E-state index contributed by atoms with van der Waals surface area (Å²) in [6, 6.07) is 2.23. The van der Waals surface area contributed by atoms with Crippen LogP contribution in [0.5, 0.6) is 0 Å². The molecule has 0 aliphatic rings. The molecular weight excluding hydrogens is 256 g/mol. The lowest BCUT2D eigenvalue weighted by Crippen LogP contribution is -2.11. The topological polar surface area (TPSA) is 26.3 Å². The molecule has 0 saturated carbocycles. The Hall–Kier alpha value is -0.960. The van der Waals surface area contributed by atoms with Crippen molar-refractivity contribution in [2.75, 3.05) is 6.61 Å². The highest BCUT2D eigenvalue weighted by molar-refractivity contribution is 8.00. The van der Waals surface area contributed by atoms with Gasteiger partial charge in [0.1, 0.15) is 0 Å². The van der Waals surface area contributed by atoms with E-state index in [0.29, 0.717) is 13.0 Å². The third-order valence-corrected chi connectivity index (χ3v) is 4.79. The van der Waals surface area contributed by atoms with E-state index in [1.165, 1.54) is 27.1 Å². The molecule has 0 radical (unpaired) electrons. The van der Waals surface area contributed by atoms with Crippen LogP contribution in [0.2, 0.25) is 0 Å². The molecule has 1 aromatic rings. The van der Waals surface area contributed by atoms with Crippen LogP contribution in [0, 0.1) is 27.7 Å². The summed E-state index contributed by atoms with van der Waals surface area (Å²) in [5.74, 6) is -0.109. The molecule has 106 valence electrons. The zero-order chi connectivity index (χ0) is 14.6. The second-order valence-corrected chi connectivity index (χ2v) is 6.48. The van der Waals surface area contributed by atoms with Crippen molar-refractivity contribution in [3.63, 3.8) is 0 Å². The number of thioether (sulfide) groups is 1. The highest BCUT2D eigenvalue weighted by Gasteiger charge is 2.15. The average Bonchev–Trinajstić information content (AvgIpc) is 2.32. The summed E-state index contributed by atoms with van der Waals surface area (Å²) < 4.78 is 5.01. The molecule has 0 heterocycles. The number of ether oxygens (including phenoxy) is 1. The molecule has 1 atom stereocenters. The van der Waals surface area contributed by atoms with Gasteiger partial charge in [-0.05, 0) is 56.9 Å². The number of benzene rings is 1. The quantitative estimate of drug-likeness (QED) is 0.592. The van der Waals surface area contributed by atoms with E-state index >= 15 is 0 Å². The van der Waals surface area contributed by atoms with E-state index in [-0.39, 0.29) is 11.2 Å². The minimum atomic E-state index is -0.109. The van der Waals surface area contributed by atoms with Gasteiger partial charge in [-0.2, -0.15) is 0 Å². The van der Waals surface area contributed by atoms with Crippen LogP contribution in [0.3, 0.4) is 0 Å². The third-order valence-electron chi connectivity index (χ3n) is 3.38. The van der Waals surface area contributed by atoms with Crippen LogP contribution in [0.4, 0.5) is 0 Å². The lowest BCUT2D eigenvalue weighted by Gasteiger charge is -2.18. The normalized spacial score (nSPS) is 12.3. The Morgan fingerprint density at radius 3 is 2.21 bits per heavy atom. The first-order valence-electron chi connectivity index (χ1n) is 6.76. The van der Waals surface area contributed by atoms with Crippen LogP contribution in [0.15, 0.2) is 11.0 Å². The monoisotopic (exact) mass is 280 g/mol. The van der Waals surface area contributed by atoms with Gasteiger partial charge in [0.15, 0.2) is 0 Å². The predicted molar refractivity (Wildman–Crippen MR) is 82.0 cm³/mol. The summed E-state index contributed by atoms with van der Waals surface area (Å²) in [5, 5.41) is 0.234. The zero-order valence-electron chi connectivity index (χ0n) is 12.8.